The van der Waals surface area contributed by atoms with E-state index in [9.17, 15) is 5.11 Å². The van der Waals surface area contributed by atoms with Crippen molar-refractivity contribution in [3.63, 3.8) is 0 Å². The maximum absolute atomic E-state index is 9.18. The number of rotatable bonds is 7. The van der Waals surface area contributed by atoms with E-state index in [1.165, 1.54) is 5.56 Å². The predicted octanol–water partition coefficient (Wildman–Crippen LogP) is 3.79. The van der Waals surface area contributed by atoms with Crippen LogP contribution in [-0.2, 0) is 18.7 Å². The molecular formula is C16H24Cl3N3O. The minimum absolute atomic E-state index is 0. The van der Waals surface area contributed by atoms with Gasteiger partial charge < -0.3 is 15.0 Å². The van der Waals surface area contributed by atoms with Crippen LogP contribution in [0.15, 0.2) is 36.8 Å². The molecule has 0 unspecified atom stereocenters. The van der Waals surface area contributed by atoms with E-state index in [-0.39, 0.29) is 37.0 Å². The third-order valence-corrected chi connectivity index (χ3v) is 3.92. The Morgan fingerprint density at radius 1 is 1.22 bits per heavy atom. The summed E-state index contributed by atoms with van der Waals surface area (Å²) in [7, 11) is 0. The van der Waals surface area contributed by atoms with Crippen LogP contribution in [0.3, 0.4) is 0 Å². The molecular weight excluding hydrogens is 357 g/mol. The molecule has 2 rings (SSSR count). The highest BCUT2D eigenvalue weighted by Gasteiger charge is 2.18. The summed E-state index contributed by atoms with van der Waals surface area (Å²) in [4.78, 5) is 4.05. The molecule has 130 valence electrons. The third kappa shape index (κ3) is 6.32. The minimum Gasteiger partial charge on any atom is -0.390 e. The maximum atomic E-state index is 9.18. The SMILES string of the molecule is CC(C)(NCCCn1cncc1CO)c1ccc(Cl)cc1.Cl.Cl. The average molecular weight is 381 g/mol. The van der Waals surface area contributed by atoms with Gasteiger partial charge in [0.25, 0.3) is 0 Å². The van der Waals surface area contributed by atoms with Crippen LogP contribution in [0.2, 0.25) is 5.02 Å². The molecule has 0 saturated heterocycles. The lowest BCUT2D eigenvalue weighted by Gasteiger charge is -2.27. The Morgan fingerprint density at radius 3 is 2.48 bits per heavy atom. The molecule has 1 aromatic carbocycles. The predicted molar refractivity (Wildman–Crippen MR) is 99.7 cm³/mol. The fourth-order valence-electron chi connectivity index (χ4n) is 2.30. The molecule has 1 aromatic heterocycles. The summed E-state index contributed by atoms with van der Waals surface area (Å²) < 4.78 is 1.98. The van der Waals surface area contributed by atoms with Gasteiger partial charge in [0, 0.05) is 17.1 Å². The number of nitrogens with zero attached hydrogens (tertiary/aromatic N) is 2. The smallest absolute Gasteiger partial charge is 0.0948 e. The summed E-state index contributed by atoms with van der Waals surface area (Å²) >= 11 is 5.92. The van der Waals surface area contributed by atoms with Crippen LogP contribution in [-0.4, -0.2) is 21.2 Å². The van der Waals surface area contributed by atoms with Gasteiger partial charge in [-0.05, 0) is 44.5 Å². The highest BCUT2D eigenvalue weighted by atomic mass is 35.5. The molecule has 0 aliphatic carbocycles. The molecule has 4 nitrogen and oxygen atoms in total. The van der Waals surface area contributed by atoms with Crippen LogP contribution in [0.25, 0.3) is 0 Å². The molecule has 0 saturated carbocycles. The van der Waals surface area contributed by atoms with Gasteiger partial charge in [0.15, 0.2) is 0 Å². The first-order valence-corrected chi connectivity index (χ1v) is 7.51. The van der Waals surface area contributed by atoms with Crippen molar-refractivity contribution in [3.05, 3.63) is 53.1 Å². The Kier molecular flexibility index (Phi) is 9.82. The van der Waals surface area contributed by atoms with Gasteiger partial charge in [0.05, 0.1) is 24.8 Å². The lowest BCUT2D eigenvalue weighted by atomic mass is 9.94. The van der Waals surface area contributed by atoms with Gasteiger partial charge in [-0.25, -0.2) is 4.98 Å². The summed E-state index contributed by atoms with van der Waals surface area (Å²) in [6.07, 6.45) is 4.43. The van der Waals surface area contributed by atoms with E-state index in [4.69, 9.17) is 11.6 Å². The quantitative estimate of drug-likeness (QED) is 0.719. The molecule has 0 bridgehead atoms. The molecule has 1 heterocycles. The fraction of sp³-hybridized carbons (Fsp3) is 0.438. The minimum atomic E-state index is -0.0979. The Morgan fingerprint density at radius 2 is 1.87 bits per heavy atom. The van der Waals surface area contributed by atoms with Crippen molar-refractivity contribution in [2.75, 3.05) is 6.54 Å². The summed E-state index contributed by atoms with van der Waals surface area (Å²) in [6, 6.07) is 7.93. The number of benzene rings is 1. The Balaban J connectivity index is 0.00000242. The fourth-order valence-corrected chi connectivity index (χ4v) is 2.43. The van der Waals surface area contributed by atoms with E-state index in [0.717, 1.165) is 30.2 Å². The highest BCUT2D eigenvalue weighted by molar-refractivity contribution is 6.30. The first kappa shape index (κ1) is 22.2. The number of aliphatic hydroxyl groups excluding tert-OH is 1. The molecule has 2 aromatic rings. The summed E-state index contributed by atoms with van der Waals surface area (Å²) in [6.45, 7) is 6.08. The van der Waals surface area contributed by atoms with Crippen molar-refractivity contribution in [3.8, 4) is 0 Å². The van der Waals surface area contributed by atoms with Crippen molar-refractivity contribution in [1.29, 1.82) is 0 Å². The van der Waals surface area contributed by atoms with Crippen LogP contribution in [0, 0.1) is 0 Å². The van der Waals surface area contributed by atoms with Crippen LogP contribution in [0.4, 0.5) is 0 Å². The summed E-state index contributed by atoms with van der Waals surface area (Å²) in [5.41, 5.74) is 1.97. The van der Waals surface area contributed by atoms with E-state index >= 15 is 0 Å². The molecule has 0 amide bonds. The van der Waals surface area contributed by atoms with Gasteiger partial charge in [-0.1, -0.05) is 23.7 Å². The van der Waals surface area contributed by atoms with Crippen molar-refractivity contribution >= 4 is 36.4 Å². The second-order valence-electron chi connectivity index (χ2n) is 5.65. The molecule has 0 aliphatic rings. The Hall–Kier alpha value is -0.780. The van der Waals surface area contributed by atoms with Gasteiger partial charge in [-0.3, -0.25) is 0 Å². The Labute approximate surface area is 155 Å². The summed E-state index contributed by atoms with van der Waals surface area (Å²) in [5, 5.41) is 13.5. The second kappa shape index (κ2) is 10.2. The highest BCUT2D eigenvalue weighted by Crippen LogP contribution is 2.21. The number of aromatic nitrogens is 2. The molecule has 0 aliphatic heterocycles. The van der Waals surface area contributed by atoms with E-state index in [1.54, 1.807) is 12.5 Å². The maximum Gasteiger partial charge on any atom is 0.0948 e. The zero-order valence-electron chi connectivity index (χ0n) is 13.3. The average Bonchev–Trinajstić information content (AvgIpc) is 2.91. The second-order valence-corrected chi connectivity index (χ2v) is 6.09. The van der Waals surface area contributed by atoms with Gasteiger partial charge in [-0.15, -0.1) is 24.8 Å². The lowest BCUT2D eigenvalue weighted by molar-refractivity contribution is 0.269. The van der Waals surface area contributed by atoms with Crippen molar-refractivity contribution in [2.24, 2.45) is 0 Å². The molecule has 0 spiro atoms. The molecule has 7 heteroatoms. The Bertz CT molecular complexity index is 570. The van der Waals surface area contributed by atoms with Gasteiger partial charge in [0.2, 0.25) is 0 Å². The van der Waals surface area contributed by atoms with E-state index < -0.39 is 0 Å². The number of aryl methyl sites for hydroxylation is 1. The lowest BCUT2D eigenvalue weighted by Crippen LogP contribution is -2.37. The molecule has 2 N–H and O–H groups in total. The standard InChI is InChI=1S/C16H22ClN3O.2ClH/c1-16(2,13-4-6-14(17)7-5-13)19-8-3-9-20-12-18-10-15(20)11-21;;/h4-7,10,12,19,21H,3,8-9,11H2,1-2H3;2*1H. The van der Waals surface area contributed by atoms with Crippen LogP contribution >= 0.6 is 36.4 Å². The van der Waals surface area contributed by atoms with E-state index in [1.807, 2.05) is 16.7 Å². The normalized spacial score (nSPS) is 10.8. The number of hydrogen-bond acceptors (Lipinski definition) is 3. The van der Waals surface area contributed by atoms with Crippen LogP contribution in [0.1, 0.15) is 31.5 Å². The zero-order valence-corrected chi connectivity index (χ0v) is 15.7. The first-order chi connectivity index (χ1) is 10.0. The largest absolute Gasteiger partial charge is 0.390 e. The third-order valence-electron chi connectivity index (χ3n) is 3.67. The summed E-state index contributed by atoms with van der Waals surface area (Å²) in [5.74, 6) is 0. The molecule has 0 radical (unpaired) electrons. The number of hydrogen-bond donors (Lipinski definition) is 2. The number of aliphatic hydroxyl groups is 1. The topological polar surface area (TPSA) is 50.1 Å². The zero-order chi connectivity index (χ0) is 15.3. The van der Waals surface area contributed by atoms with Crippen LogP contribution in [0.5, 0.6) is 0 Å². The van der Waals surface area contributed by atoms with Crippen molar-refractivity contribution < 1.29 is 5.11 Å². The molecule has 0 fully saturated rings. The van der Waals surface area contributed by atoms with Gasteiger partial charge in [-0.2, -0.15) is 0 Å². The van der Waals surface area contributed by atoms with Gasteiger partial charge >= 0.3 is 0 Å². The van der Waals surface area contributed by atoms with Crippen molar-refractivity contribution in [2.45, 2.75) is 39.0 Å². The van der Waals surface area contributed by atoms with E-state index in [0.29, 0.717) is 0 Å². The number of halogens is 3. The first-order valence-electron chi connectivity index (χ1n) is 7.14. The van der Waals surface area contributed by atoms with Gasteiger partial charge in [0.1, 0.15) is 0 Å². The monoisotopic (exact) mass is 379 g/mol. The van der Waals surface area contributed by atoms with E-state index in [2.05, 4.69) is 36.3 Å². The molecule has 23 heavy (non-hydrogen) atoms. The van der Waals surface area contributed by atoms with Crippen molar-refractivity contribution in [1.82, 2.24) is 14.9 Å². The van der Waals surface area contributed by atoms with Crippen LogP contribution < -0.4 is 5.32 Å². The number of nitrogens with one attached hydrogen (secondary N) is 1. The number of imidazole rings is 1. The molecule has 0 atom stereocenters.